The van der Waals surface area contributed by atoms with E-state index < -0.39 is 4.92 Å². The van der Waals surface area contributed by atoms with E-state index in [2.05, 4.69) is 5.32 Å². The molecule has 1 rings (SSSR count). The van der Waals surface area contributed by atoms with Gasteiger partial charge in [0.05, 0.1) is 4.92 Å². The fourth-order valence-corrected chi connectivity index (χ4v) is 1.16. The van der Waals surface area contributed by atoms with Crippen LogP contribution in [-0.4, -0.2) is 4.92 Å². The number of hydrogen-bond acceptors (Lipinski definition) is 5. The first-order chi connectivity index (χ1) is 8.08. The van der Waals surface area contributed by atoms with Crippen LogP contribution >= 0.6 is 0 Å². The van der Waals surface area contributed by atoms with Crippen LogP contribution in [0.4, 0.5) is 11.4 Å². The van der Waals surface area contributed by atoms with Gasteiger partial charge in [0, 0.05) is 24.0 Å². The number of allylic oxidation sites excluding steroid dienone is 1. The van der Waals surface area contributed by atoms with E-state index in [1.807, 2.05) is 0 Å². The predicted molar refractivity (Wildman–Crippen MR) is 60.8 cm³/mol. The summed E-state index contributed by atoms with van der Waals surface area (Å²) in [7, 11) is 0. The zero-order chi connectivity index (χ0) is 12.8. The zero-order valence-corrected chi connectivity index (χ0v) is 8.97. The van der Waals surface area contributed by atoms with Crippen molar-refractivity contribution < 1.29 is 4.92 Å². The Balaban J connectivity index is 2.96. The highest BCUT2D eigenvalue weighted by Gasteiger charge is 2.07. The number of hydrogen-bond donors (Lipinski definition) is 1. The maximum Gasteiger partial charge on any atom is 0.269 e. The van der Waals surface area contributed by atoms with Gasteiger partial charge in [0.25, 0.3) is 5.69 Å². The van der Waals surface area contributed by atoms with Gasteiger partial charge in [-0.25, -0.2) is 0 Å². The highest BCUT2D eigenvalue weighted by Crippen LogP contribution is 2.21. The maximum atomic E-state index is 10.5. The number of nitrogens with zero attached hydrogens (tertiary/aromatic N) is 3. The Hall–Kier alpha value is -2.86. The fourth-order valence-electron chi connectivity index (χ4n) is 1.16. The van der Waals surface area contributed by atoms with Crippen LogP contribution in [0.1, 0.15) is 5.56 Å². The second-order valence-corrected chi connectivity index (χ2v) is 3.18. The summed E-state index contributed by atoms with van der Waals surface area (Å²) < 4.78 is 0. The molecule has 0 unspecified atom stereocenters. The van der Waals surface area contributed by atoms with Crippen molar-refractivity contribution in [3.8, 4) is 12.1 Å². The van der Waals surface area contributed by atoms with Crippen LogP contribution in [0.15, 0.2) is 30.0 Å². The summed E-state index contributed by atoms with van der Waals surface area (Å²) in [5.74, 6) is 0. The summed E-state index contributed by atoms with van der Waals surface area (Å²) >= 11 is 0. The molecule has 1 N–H and O–H groups in total. The van der Waals surface area contributed by atoms with Crippen molar-refractivity contribution in [3.63, 3.8) is 0 Å². The van der Waals surface area contributed by atoms with Gasteiger partial charge in [0.15, 0.2) is 0 Å². The Morgan fingerprint density at radius 2 is 2.12 bits per heavy atom. The lowest BCUT2D eigenvalue weighted by molar-refractivity contribution is -0.384. The van der Waals surface area contributed by atoms with Crippen molar-refractivity contribution >= 4 is 11.4 Å². The minimum Gasteiger partial charge on any atom is -0.360 e. The third-order valence-corrected chi connectivity index (χ3v) is 2.03. The van der Waals surface area contributed by atoms with E-state index in [4.69, 9.17) is 10.5 Å². The molecule has 0 aliphatic heterocycles. The lowest BCUT2D eigenvalue weighted by Crippen LogP contribution is -1.95. The normalized spacial score (nSPS) is 8.65. The first-order valence-corrected chi connectivity index (χ1v) is 4.60. The van der Waals surface area contributed by atoms with Gasteiger partial charge in [-0.3, -0.25) is 10.1 Å². The lowest BCUT2D eigenvalue weighted by Gasteiger charge is -2.04. The molecular weight excluding hydrogens is 220 g/mol. The summed E-state index contributed by atoms with van der Waals surface area (Å²) in [5.41, 5.74) is 1.20. The summed E-state index contributed by atoms with van der Waals surface area (Å²) in [6, 6.07) is 7.68. The molecule has 0 atom stereocenters. The lowest BCUT2D eigenvalue weighted by atomic mass is 10.2. The third-order valence-electron chi connectivity index (χ3n) is 2.03. The van der Waals surface area contributed by atoms with Crippen molar-refractivity contribution in [3.05, 3.63) is 45.6 Å². The zero-order valence-electron chi connectivity index (χ0n) is 8.97. The molecule has 6 heteroatoms. The predicted octanol–water partition coefficient (Wildman–Crippen LogP) is 2.25. The largest absolute Gasteiger partial charge is 0.360 e. The molecule has 84 valence electrons. The maximum absolute atomic E-state index is 10.5. The van der Waals surface area contributed by atoms with Crippen LogP contribution in [0.2, 0.25) is 0 Å². The molecule has 0 aliphatic carbocycles. The number of nitriles is 2. The van der Waals surface area contributed by atoms with Gasteiger partial charge in [-0.15, -0.1) is 0 Å². The molecular formula is C11H8N4O2. The molecule has 0 spiro atoms. The van der Waals surface area contributed by atoms with E-state index in [1.165, 1.54) is 24.4 Å². The van der Waals surface area contributed by atoms with E-state index in [0.717, 1.165) is 0 Å². The minimum atomic E-state index is -0.484. The average molecular weight is 228 g/mol. The first kappa shape index (κ1) is 12.2. The molecule has 6 nitrogen and oxygen atoms in total. The molecule has 0 radical (unpaired) electrons. The minimum absolute atomic E-state index is 0.00202. The van der Waals surface area contributed by atoms with Gasteiger partial charge < -0.3 is 5.32 Å². The molecule has 0 aromatic heterocycles. The van der Waals surface area contributed by atoms with Gasteiger partial charge in [-0.1, -0.05) is 0 Å². The number of nitrogens with one attached hydrogen (secondary N) is 1. The van der Waals surface area contributed by atoms with E-state index in [0.29, 0.717) is 11.3 Å². The Morgan fingerprint density at radius 1 is 1.47 bits per heavy atom. The standard InChI is InChI=1S/C11H8N4O2/c1-8-4-10(15(16)17)2-3-11(8)14-7-9(5-12)6-13/h2-4,7,14H,1H3. The van der Waals surface area contributed by atoms with Gasteiger partial charge in [0.1, 0.15) is 17.7 Å². The number of nitro groups is 1. The number of nitro benzene ring substituents is 1. The van der Waals surface area contributed by atoms with Crippen LogP contribution in [0.5, 0.6) is 0 Å². The van der Waals surface area contributed by atoms with Crippen molar-refractivity contribution in [1.82, 2.24) is 0 Å². The highest BCUT2D eigenvalue weighted by atomic mass is 16.6. The van der Waals surface area contributed by atoms with E-state index in [-0.39, 0.29) is 11.3 Å². The molecule has 0 aliphatic rings. The number of non-ortho nitro benzene ring substituents is 1. The first-order valence-electron chi connectivity index (χ1n) is 4.60. The van der Waals surface area contributed by atoms with E-state index in [1.54, 1.807) is 19.1 Å². The van der Waals surface area contributed by atoms with Gasteiger partial charge in [0.2, 0.25) is 0 Å². The van der Waals surface area contributed by atoms with Crippen LogP contribution < -0.4 is 5.32 Å². The Morgan fingerprint density at radius 3 is 2.59 bits per heavy atom. The highest BCUT2D eigenvalue weighted by molar-refractivity contribution is 5.58. The molecule has 0 saturated carbocycles. The van der Waals surface area contributed by atoms with Crippen LogP contribution in [0, 0.1) is 39.7 Å². The van der Waals surface area contributed by atoms with Crippen LogP contribution in [-0.2, 0) is 0 Å². The number of benzene rings is 1. The molecule has 0 heterocycles. The molecule has 0 amide bonds. The van der Waals surface area contributed by atoms with Crippen molar-refractivity contribution in [2.75, 3.05) is 5.32 Å². The Kier molecular flexibility index (Phi) is 3.80. The summed E-state index contributed by atoms with van der Waals surface area (Å²) in [6.07, 6.45) is 1.26. The average Bonchev–Trinajstić information content (AvgIpc) is 2.31. The second kappa shape index (κ2) is 5.29. The molecule has 1 aromatic rings. The quantitative estimate of drug-likeness (QED) is 0.485. The van der Waals surface area contributed by atoms with E-state index in [9.17, 15) is 10.1 Å². The van der Waals surface area contributed by atoms with E-state index >= 15 is 0 Å². The van der Waals surface area contributed by atoms with Crippen molar-refractivity contribution in [2.45, 2.75) is 6.92 Å². The monoisotopic (exact) mass is 228 g/mol. The SMILES string of the molecule is Cc1cc([N+](=O)[O-])ccc1NC=C(C#N)C#N. The van der Waals surface area contributed by atoms with Crippen molar-refractivity contribution in [1.29, 1.82) is 10.5 Å². The number of rotatable bonds is 3. The molecule has 1 aromatic carbocycles. The topological polar surface area (TPSA) is 103 Å². The Bertz CT molecular complexity index is 548. The molecule has 0 fully saturated rings. The van der Waals surface area contributed by atoms with Gasteiger partial charge >= 0.3 is 0 Å². The summed E-state index contributed by atoms with van der Waals surface area (Å²) in [4.78, 5) is 10.0. The summed E-state index contributed by atoms with van der Waals surface area (Å²) in [6.45, 7) is 1.70. The summed E-state index contributed by atoms with van der Waals surface area (Å²) in [5, 5.41) is 30.3. The second-order valence-electron chi connectivity index (χ2n) is 3.18. The van der Waals surface area contributed by atoms with Crippen molar-refractivity contribution in [2.24, 2.45) is 0 Å². The number of aryl methyl sites for hydroxylation is 1. The third kappa shape index (κ3) is 3.05. The fraction of sp³-hybridized carbons (Fsp3) is 0.0909. The molecule has 0 saturated heterocycles. The number of anilines is 1. The molecule has 17 heavy (non-hydrogen) atoms. The van der Waals surface area contributed by atoms with Gasteiger partial charge in [-0.05, 0) is 18.6 Å². The molecule has 0 bridgehead atoms. The smallest absolute Gasteiger partial charge is 0.269 e. The van der Waals surface area contributed by atoms with Crippen LogP contribution in [0.25, 0.3) is 0 Å². The van der Waals surface area contributed by atoms with Gasteiger partial charge in [-0.2, -0.15) is 10.5 Å². The van der Waals surface area contributed by atoms with Crippen LogP contribution in [0.3, 0.4) is 0 Å². The Labute approximate surface area is 97.6 Å².